The number of carbonyl (C=O) groups is 1. The molecule has 2 heterocycles. The normalized spacial score (nSPS) is 18.8. The van der Waals surface area contributed by atoms with Crippen LogP contribution in [-0.4, -0.2) is 28.9 Å². The first-order valence-electron chi connectivity index (χ1n) is 6.99. The summed E-state index contributed by atoms with van der Waals surface area (Å²) in [6.45, 7) is 2.90. The Hall–Kier alpha value is -1.76. The molecule has 0 aliphatic carbocycles. The minimum Gasteiger partial charge on any atom is -0.297 e. The number of benzene rings is 1. The molecule has 110 valence electrons. The number of nitrogens with two attached hydrogens (primary N) is 1. The second-order valence-corrected chi connectivity index (χ2v) is 6.11. The summed E-state index contributed by atoms with van der Waals surface area (Å²) >= 11 is 1.33. The van der Waals surface area contributed by atoms with Gasteiger partial charge in [-0.3, -0.25) is 15.1 Å². The number of carbonyl (C=O) groups excluding carboxylic acids is 1. The molecular weight excluding hydrogens is 284 g/mol. The molecule has 0 spiro atoms. The van der Waals surface area contributed by atoms with E-state index in [0.717, 1.165) is 25.3 Å². The molecule has 1 aromatic heterocycles. The molecule has 1 unspecified atom stereocenters. The highest BCUT2D eigenvalue weighted by Gasteiger charge is 2.24. The van der Waals surface area contributed by atoms with Gasteiger partial charge in [-0.25, -0.2) is 10.8 Å². The fourth-order valence-electron chi connectivity index (χ4n) is 2.75. The van der Waals surface area contributed by atoms with Crippen LogP contribution in [0.25, 0.3) is 0 Å². The van der Waals surface area contributed by atoms with Gasteiger partial charge in [-0.1, -0.05) is 30.3 Å². The SMILES string of the molecule is NNC(=O)c1nc(CN2CCC(c3ccccc3)C2)cs1. The summed E-state index contributed by atoms with van der Waals surface area (Å²) in [6.07, 6.45) is 1.17. The van der Waals surface area contributed by atoms with E-state index in [0.29, 0.717) is 10.9 Å². The van der Waals surface area contributed by atoms with E-state index in [-0.39, 0.29) is 5.91 Å². The maximum atomic E-state index is 11.4. The van der Waals surface area contributed by atoms with Crippen molar-refractivity contribution in [3.8, 4) is 0 Å². The average molecular weight is 302 g/mol. The molecule has 5 nitrogen and oxygen atoms in total. The first-order valence-corrected chi connectivity index (χ1v) is 7.87. The molecule has 1 atom stereocenters. The predicted octanol–water partition coefficient (Wildman–Crippen LogP) is 1.74. The summed E-state index contributed by atoms with van der Waals surface area (Å²) in [5, 5.41) is 2.35. The van der Waals surface area contributed by atoms with Gasteiger partial charge < -0.3 is 0 Å². The first kappa shape index (κ1) is 14.2. The van der Waals surface area contributed by atoms with Crippen LogP contribution in [0.1, 0.15) is 33.4 Å². The zero-order valence-electron chi connectivity index (χ0n) is 11.7. The van der Waals surface area contributed by atoms with Gasteiger partial charge in [0.05, 0.1) is 5.69 Å². The number of rotatable bonds is 4. The highest BCUT2D eigenvalue weighted by atomic mass is 32.1. The minimum absolute atomic E-state index is 0.324. The summed E-state index contributed by atoms with van der Waals surface area (Å²) in [5.74, 6) is 5.39. The van der Waals surface area contributed by atoms with Crippen molar-refractivity contribution in [2.75, 3.05) is 13.1 Å². The Morgan fingerprint density at radius 3 is 3.00 bits per heavy atom. The third kappa shape index (κ3) is 3.29. The number of nitrogens with one attached hydrogen (secondary N) is 1. The van der Waals surface area contributed by atoms with Gasteiger partial charge in [0.25, 0.3) is 5.91 Å². The third-order valence-corrected chi connectivity index (χ3v) is 4.70. The van der Waals surface area contributed by atoms with Crippen LogP contribution in [0, 0.1) is 0 Å². The number of hydrazine groups is 1. The smallest absolute Gasteiger partial charge is 0.294 e. The Balaban J connectivity index is 1.60. The quantitative estimate of drug-likeness (QED) is 0.513. The Kier molecular flexibility index (Phi) is 4.28. The maximum Gasteiger partial charge on any atom is 0.294 e. The van der Waals surface area contributed by atoms with E-state index < -0.39 is 0 Å². The van der Waals surface area contributed by atoms with Gasteiger partial charge >= 0.3 is 0 Å². The highest BCUT2D eigenvalue weighted by Crippen LogP contribution is 2.28. The highest BCUT2D eigenvalue weighted by molar-refractivity contribution is 7.11. The van der Waals surface area contributed by atoms with Crippen LogP contribution in [-0.2, 0) is 6.54 Å². The summed E-state index contributed by atoms with van der Waals surface area (Å²) in [4.78, 5) is 18.1. The molecule has 2 aromatic rings. The van der Waals surface area contributed by atoms with Crippen molar-refractivity contribution in [1.29, 1.82) is 0 Å². The minimum atomic E-state index is -0.324. The molecule has 1 aliphatic rings. The Morgan fingerprint density at radius 2 is 2.24 bits per heavy atom. The number of thiazole rings is 1. The van der Waals surface area contributed by atoms with E-state index in [1.807, 2.05) is 5.38 Å². The standard InChI is InChI=1S/C15H18N4OS/c16-18-14(20)15-17-13(10-21-15)9-19-7-6-12(8-19)11-4-2-1-3-5-11/h1-5,10,12H,6-9,16H2,(H,18,20). The topological polar surface area (TPSA) is 71.2 Å². The molecule has 1 aromatic carbocycles. The third-order valence-electron chi connectivity index (χ3n) is 3.81. The molecule has 21 heavy (non-hydrogen) atoms. The van der Waals surface area contributed by atoms with Crippen molar-refractivity contribution in [1.82, 2.24) is 15.3 Å². The zero-order valence-corrected chi connectivity index (χ0v) is 12.5. The number of hydrogen-bond donors (Lipinski definition) is 2. The lowest BCUT2D eigenvalue weighted by atomic mass is 9.99. The lowest BCUT2D eigenvalue weighted by Crippen LogP contribution is -2.30. The molecular formula is C15H18N4OS. The van der Waals surface area contributed by atoms with E-state index in [1.165, 1.54) is 23.3 Å². The van der Waals surface area contributed by atoms with Crippen LogP contribution < -0.4 is 11.3 Å². The van der Waals surface area contributed by atoms with E-state index in [1.54, 1.807) is 0 Å². The van der Waals surface area contributed by atoms with Gasteiger partial charge in [0.1, 0.15) is 0 Å². The number of hydrogen-bond acceptors (Lipinski definition) is 5. The van der Waals surface area contributed by atoms with Crippen LogP contribution in [0.4, 0.5) is 0 Å². The molecule has 6 heteroatoms. The molecule has 0 saturated carbocycles. The van der Waals surface area contributed by atoms with Gasteiger partial charge in [0.2, 0.25) is 0 Å². The molecule has 3 N–H and O–H groups in total. The second-order valence-electron chi connectivity index (χ2n) is 5.25. The lowest BCUT2D eigenvalue weighted by Gasteiger charge is -2.14. The largest absolute Gasteiger partial charge is 0.297 e. The molecule has 1 aliphatic heterocycles. The number of nitrogens with zero attached hydrogens (tertiary/aromatic N) is 2. The summed E-state index contributed by atoms with van der Waals surface area (Å²) < 4.78 is 0. The number of amides is 1. The van der Waals surface area contributed by atoms with Gasteiger partial charge in [0, 0.05) is 18.5 Å². The van der Waals surface area contributed by atoms with Gasteiger partial charge in [0.15, 0.2) is 5.01 Å². The number of likely N-dealkylation sites (tertiary alicyclic amines) is 1. The molecule has 1 saturated heterocycles. The maximum absolute atomic E-state index is 11.4. The summed E-state index contributed by atoms with van der Waals surface area (Å²) in [6, 6.07) is 10.6. The first-order chi connectivity index (χ1) is 10.3. The van der Waals surface area contributed by atoms with Gasteiger partial charge in [-0.2, -0.15) is 0 Å². The summed E-state index contributed by atoms with van der Waals surface area (Å²) in [7, 11) is 0. The fourth-order valence-corrected chi connectivity index (χ4v) is 3.46. The van der Waals surface area contributed by atoms with E-state index >= 15 is 0 Å². The average Bonchev–Trinajstić information content (AvgIpc) is 3.17. The van der Waals surface area contributed by atoms with E-state index in [4.69, 9.17) is 5.84 Å². The molecule has 1 amide bonds. The van der Waals surface area contributed by atoms with Gasteiger partial charge in [-0.15, -0.1) is 11.3 Å². The van der Waals surface area contributed by atoms with Crippen molar-refractivity contribution in [3.05, 3.63) is 52.0 Å². The van der Waals surface area contributed by atoms with Crippen LogP contribution in [0.2, 0.25) is 0 Å². The monoisotopic (exact) mass is 302 g/mol. The summed E-state index contributed by atoms with van der Waals surface area (Å²) in [5.41, 5.74) is 4.45. The predicted molar refractivity (Wildman–Crippen MR) is 82.8 cm³/mol. The van der Waals surface area contributed by atoms with E-state index in [9.17, 15) is 4.79 Å². The van der Waals surface area contributed by atoms with Gasteiger partial charge in [-0.05, 0) is 24.4 Å². The Morgan fingerprint density at radius 1 is 1.43 bits per heavy atom. The molecule has 1 fully saturated rings. The van der Waals surface area contributed by atoms with Crippen molar-refractivity contribution in [2.45, 2.75) is 18.9 Å². The Labute approximate surface area is 127 Å². The van der Waals surface area contributed by atoms with Crippen LogP contribution in [0.3, 0.4) is 0 Å². The van der Waals surface area contributed by atoms with Crippen LogP contribution in [0.15, 0.2) is 35.7 Å². The molecule has 0 bridgehead atoms. The molecule has 3 rings (SSSR count). The van der Waals surface area contributed by atoms with Crippen molar-refractivity contribution < 1.29 is 4.79 Å². The second kappa shape index (κ2) is 6.34. The molecule has 0 radical (unpaired) electrons. The Bertz CT molecular complexity index is 613. The fraction of sp³-hybridized carbons (Fsp3) is 0.333. The number of aromatic nitrogens is 1. The zero-order chi connectivity index (χ0) is 14.7. The van der Waals surface area contributed by atoms with Crippen LogP contribution in [0.5, 0.6) is 0 Å². The van der Waals surface area contributed by atoms with Crippen molar-refractivity contribution in [3.63, 3.8) is 0 Å². The lowest BCUT2D eigenvalue weighted by molar-refractivity contribution is 0.0953. The number of nitrogen functional groups attached to an aromatic ring is 1. The van der Waals surface area contributed by atoms with Crippen molar-refractivity contribution >= 4 is 17.2 Å². The van der Waals surface area contributed by atoms with E-state index in [2.05, 4.69) is 45.6 Å². The van der Waals surface area contributed by atoms with Crippen molar-refractivity contribution in [2.24, 2.45) is 5.84 Å². The van der Waals surface area contributed by atoms with Crippen LogP contribution >= 0.6 is 11.3 Å².